The van der Waals surface area contributed by atoms with E-state index in [-0.39, 0.29) is 10.6 Å². The van der Waals surface area contributed by atoms with Crippen molar-refractivity contribution in [2.24, 2.45) is 0 Å². The lowest BCUT2D eigenvalue weighted by molar-refractivity contribution is -0.113. The summed E-state index contributed by atoms with van der Waals surface area (Å²) in [5, 5.41) is 0. The maximum Gasteiger partial charge on any atom is 0.271 e. The number of ether oxygens (including phenoxy) is 2. The Morgan fingerprint density at radius 2 is 1.50 bits per heavy atom. The molecule has 6 nitrogen and oxygen atoms in total. The van der Waals surface area contributed by atoms with Crippen LogP contribution >= 0.6 is 0 Å². The molecule has 0 fully saturated rings. The van der Waals surface area contributed by atoms with Crippen molar-refractivity contribution in [3.8, 4) is 11.5 Å². The van der Waals surface area contributed by atoms with Crippen molar-refractivity contribution in [2.45, 2.75) is 18.7 Å². The zero-order valence-corrected chi connectivity index (χ0v) is 19.0. The molecular formula is C25H25NO5S. The maximum atomic E-state index is 13.4. The van der Waals surface area contributed by atoms with Gasteiger partial charge in [-0.1, -0.05) is 29.8 Å². The van der Waals surface area contributed by atoms with Crippen molar-refractivity contribution < 1.29 is 22.7 Å². The van der Waals surface area contributed by atoms with E-state index >= 15 is 0 Å². The average Bonchev–Trinajstić information content (AvgIpc) is 2.79. The van der Waals surface area contributed by atoms with Crippen LogP contribution in [-0.2, 0) is 14.8 Å². The lowest BCUT2D eigenvalue weighted by Gasteiger charge is -2.22. The fraction of sp³-hybridized carbons (Fsp3) is 0.160. The third kappa shape index (κ3) is 5.36. The second-order valence-electron chi connectivity index (χ2n) is 6.95. The predicted octanol–water partition coefficient (Wildman–Crippen LogP) is 4.84. The first-order valence-electron chi connectivity index (χ1n) is 10.1. The molecular weight excluding hydrogens is 426 g/mol. The van der Waals surface area contributed by atoms with Crippen LogP contribution in [0, 0.1) is 6.92 Å². The lowest BCUT2D eigenvalue weighted by Crippen LogP contribution is -2.35. The minimum absolute atomic E-state index is 0.0307. The molecule has 32 heavy (non-hydrogen) atoms. The standard InChI is InChI=1S/C25H25NO5S/c1-4-31-23-14-10-21(11-15-23)26(32(28,29)24-16-5-19(2)6-17-24)25(27)18-9-20-7-12-22(30-3)13-8-20/h5-18H,4H2,1-3H3/b18-9+. The first-order chi connectivity index (χ1) is 15.3. The summed E-state index contributed by atoms with van der Waals surface area (Å²) >= 11 is 0. The molecule has 0 aliphatic heterocycles. The molecule has 0 unspecified atom stereocenters. The van der Waals surface area contributed by atoms with Gasteiger partial charge in [-0.15, -0.1) is 0 Å². The molecule has 0 atom stereocenters. The summed E-state index contributed by atoms with van der Waals surface area (Å²) in [7, 11) is -2.57. The fourth-order valence-corrected chi connectivity index (χ4v) is 4.38. The molecule has 0 heterocycles. The second kappa shape index (κ2) is 10.2. The first kappa shape index (κ1) is 23.1. The number of carbonyl (C=O) groups excluding carboxylic acids is 1. The van der Waals surface area contributed by atoms with Crippen molar-refractivity contribution >= 4 is 27.7 Å². The van der Waals surface area contributed by atoms with E-state index in [1.165, 1.54) is 18.2 Å². The fourth-order valence-electron chi connectivity index (χ4n) is 2.99. The molecule has 0 saturated heterocycles. The van der Waals surface area contributed by atoms with Crippen molar-refractivity contribution in [1.29, 1.82) is 0 Å². The third-order valence-corrected chi connectivity index (χ3v) is 6.42. The van der Waals surface area contributed by atoms with Crippen LogP contribution in [0.2, 0.25) is 0 Å². The SMILES string of the molecule is CCOc1ccc(N(C(=O)/C=C/c2ccc(OC)cc2)S(=O)(=O)c2ccc(C)cc2)cc1. The maximum absolute atomic E-state index is 13.4. The summed E-state index contributed by atoms with van der Waals surface area (Å²) in [5.74, 6) is 0.585. The molecule has 0 N–H and O–H groups in total. The van der Waals surface area contributed by atoms with E-state index in [9.17, 15) is 13.2 Å². The molecule has 0 aliphatic rings. The molecule has 3 rings (SSSR count). The van der Waals surface area contributed by atoms with Gasteiger partial charge in [-0.2, -0.15) is 4.31 Å². The molecule has 0 aliphatic carbocycles. The van der Waals surface area contributed by atoms with Gasteiger partial charge >= 0.3 is 0 Å². The number of hydrogen-bond acceptors (Lipinski definition) is 5. The number of rotatable bonds is 8. The third-order valence-electron chi connectivity index (χ3n) is 4.68. The van der Waals surface area contributed by atoms with E-state index in [4.69, 9.17) is 9.47 Å². The second-order valence-corrected chi connectivity index (χ2v) is 8.74. The largest absolute Gasteiger partial charge is 0.497 e. The Bertz CT molecular complexity index is 1180. The molecule has 3 aromatic rings. The number of benzene rings is 3. The molecule has 0 spiro atoms. The molecule has 0 aromatic heterocycles. The van der Waals surface area contributed by atoms with Crippen molar-refractivity contribution in [1.82, 2.24) is 0 Å². The Morgan fingerprint density at radius 1 is 0.906 bits per heavy atom. The van der Waals surface area contributed by atoms with Crippen LogP contribution in [0.5, 0.6) is 11.5 Å². The van der Waals surface area contributed by atoms with E-state index in [2.05, 4.69) is 0 Å². The number of amides is 1. The quantitative estimate of drug-likeness (QED) is 0.458. The Morgan fingerprint density at radius 3 is 2.06 bits per heavy atom. The van der Waals surface area contributed by atoms with Gasteiger partial charge in [0.15, 0.2) is 0 Å². The normalized spacial score (nSPS) is 11.3. The summed E-state index contributed by atoms with van der Waals surface area (Å²) in [4.78, 5) is 13.2. The Hall–Kier alpha value is -3.58. The van der Waals surface area contributed by atoms with Gasteiger partial charge in [0, 0.05) is 6.08 Å². The number of anilines is 1. The molecule has 3 aromatic carbocycles. The van der Waals surface area contributed by atoms with Crippen LogP contribution in [0.1, 0.15) is 18.1 Å². The predicted molar refractivity (Wildman–Crippen MR) is 125 cm³/mol. The number of hydrogen-bond donors (Lipinski definition) is 0. The van der Waals surface area contributed by atoms with Gasteiger partial charge in [0.25, 0.3) is 15.9 Å². The van der Waals surface area contributed by atoms with Gasteiger partial charge < -0.3 is 9.47 Å². The molecule has 0 bridgehead atoms. The summed E-state index contributed by atoms with van der Waals surface area (Å²) in [6.07, 6.45) is 2.80. The minimum Gasteiger partial charge on any atom is -0.497 e. The summed E-state index contributed by atoms with van der Waals surface area (Å²) < 4.78 is 38.2. The van der Waals surface area contributed by atoms with Crippen LogP contribution in [0.15, 0.2) is 83.8 Å². The van der Waals surface area contributed by atoms with Crippen molar-refractivity contribution in [3.63, 3.8) is 0 Å². The zero-order chi connectivity index (χ0) is 23.1. The average molecular weight is 452 g/mol. The van der Waals surface area contributed by atoms with Gasteiger partial charge in [0.1, 0.15) is 11.5 Å². The Labute approximate surface area is 188 Å². The summed E-state index contributed by atoms with van der Waals surface area (Å²) in [5.41, 5.74) is 1.87. The topological polar surface area (TPSA) is 72.9 Å². The monoisotopic (exact) mass is 451 g/mol. The summed E-state index contributed by atoms with van der Waals surface area (Å²) in [6, 6.07) is 19.8. The van der Waals surface area contributed by atoms with Crippen LogP contribution in [0.3, 0.4) is 0 Å². The van der Waals surface area contributed by atoms with Gasteiger partial charge in [0.2, 0.25) is 0 Å². The van der Waals surface area contributed by atoms with E-state index in [1.54, 1.807) is 73.8 Å². The number of nitrogens with zero attached hydrogens (tertiary/aromatic N) is 1. The Balaban J connectivity index is 1.99. The highest BCUT2D eigenvalue weighted by molar-refractivity contribution is 7.93. The molecule has 1 amide bonds. The van der Waals surface area contributed by atoms with E-state index in [0.717, 1.165) is 15.4 Å². The van der Waals surface area contributed by atoms with Crippen LogP contribution < -0.4 is 13.8 Å². The Kier molecular flexibility index (Phi) is 7.33. The van der Waals surface area contributed by atoms with Gasteiger partial charge in [-0.05, 0) is 74.0 Å². The zero-order valence-electron chi connectivity index (χ0n) is 18.2. The first-order valence-corrected chi connectivity index (χ1v) is 11.5. The summed E-state index contributed by atoms with van der Waals surface area (Å²) in [6.45, 7) is 4.20. The molecule has 166 valence electrons. The van der Waals surface area contributed by atoms with Crippen LogP contribution in [0.25, 0.3) is 6.08 Å². The minimum atomic E-state index is -4.14. The highest BCUT2D eigenvalue weighted by Crippen LogP contribution is 2.27. The van der Waals surface area contributed by atoms with Crippen LogP contribution in [-0.4, -0.2) is 28.0 Å². The number of methoxy groups -OCH3 is 1. The number of sulfonamides is 1. The highest BCUT2D eigenvalue weighted by atomic mass is 32.2. The van der Waals surface area contributed by atoms with Gasteiger partial charge in [0.05, 0.1) is 24.3 Å². The van der Waals surface area contributed by atoms with Crippen molar-refractivity contribution in [2.75, 3.05) is 18.0 Å². The van der Waals surface area contributed by atoms with E-state index < -0.39 is 15.9 Å². The number of carbonyl (C=O) groups is 1. The van der Waals surface area contributed by atoms with Crippen LogP contribution in [0.4, 0.5) is 5.69 Å². The number of aryl methyl sites for hydroxylation is 1. The molecule has 0 saturated carbocycles. The smallest absolute Gasteiger partial charge is 0.271 e. The van der Waals surface area contributed by atoms with Gasteiger partial charge in [-0.3, -0.25) is 4.79 Å². The van der Waals surface area contributed by atoms with Gasteiger partial charge in [-0.25, -0.2) is 8.42 Å². The van der Waals surface area contributed by atoms with E-state index in [0.29, 0.717) is 18.1 Å². The molecule has 0 radical (unpaired) electrons. The van der Waals surface area contributed by atoms with E-state index in [1.807, 2.05) is 13.8 Å². The van der Waals surface area contributed by atoms with Crippen molar-refractivity contribution in [3.05, 3.63) is 90.0 Å². The lowest BCUT2D eigenvalue weighted by atomic mass is 10.2. The highest BCUT2D eigenvalue weighted by Gasteiger charge is 2.29. The molecule has 7 heteroatoms.